The number of halogens is 3. The zero-order valence-electron chi connectivity index (χ0n) is 17.8. The van der Waals surface area contributed by atoms with Gasteiger partial charge < -0.3 is 14.2 Å². The molecule has 2 heterocycles. The van der Waals surface area contributed by atoms with Gasteiger partial charge in [0.1, 0.15) is 18.1 Å². The summed E-state index contributed by atoms with van der Waals surface area (Å²) in [7, 11) is 0. The first-order valence-corrected chi connectivity index (χ1v) is 10.7. The van der Waals surface area contributed by atoms with Crippen LogP contribution in [0.25, 0.3) is 0 Å². The van der Waals surface area contributed by atoms with Crippen LogP contribution in [0, 0.1) is 5.92 Å². The number of alkyl halides is 3. The lowest BCUT2D eigenvalue weighted by atomic mass is 9.81. The van der Waals surface area contributed by atoms with Gasteiger partial charge in [0.15, 0.2) is 0 Å². The lowest BCUT2D eigenvalue weighted by Gasteiger charge is -2.47. The standard InChI is InChI=1S/C24H24F3NO5/c25-24(26,27)33-22-9-5-4-8-17(22)12-21(29)18-10-19-14-31-15-20(11-18)28(19)23(30)32-13-16-6-2-1-3-7-16/h1-9,18-20H,10-15H2. The van der Waals surface area contributed by atoms with Crippen molar-refractivity contribution in [3.8, 4) is 5.75 Å². The van der Waals surface area contributed by atoms with Crippen LogP contribution in [0.15, 0.2) is 54.6 Å². The number of hydrogen-bond donors (Lipinski definition) is 0. The summed E-state index contributed by atoms with van der Waals surface area (Å²) in [6, 6.07) is 14.3. The number of amides is 1. The van der Waals surface area contributed by atoms with Crippen LogP contribution in [0.5, 0.6) is 5.75 Å². The quantitative estimate of drug-likeness (QED) is 0.631. The van der Waals surface area contributed by atoms with E-state index < -0.39 is 12.5 Å². The number of piperidine rings is 1. The van der Waals surface area contributed by atoms with Gasteiger partial charge in [-0.25, -0.2) is 4.79 Å². The SMILES string of the molecule is O=C(Cc1ccccc1OC(F)(F)F)C1CC2COCC(C1)N2C(=O)OCc1ccccc1. The van der Waals surface area contributed by atoms with E-state index in [1.54, 1.807) is 11.0 Å². The zero-order valence-corrected chi connectivity index (χ0v) is 17.8. The minimum Gasteiger partial charge on any atom is -0.445 e. The monoisotopic (exact) mass is 463 g/mol. The molecule has 2 atom stereocenters. The molecule has 2 aromatic rings. The molecule has 4 rings (SSSR count). The molecule has 2 unspecified atom stereocenters. The molecule has 2 aromatic carbocycles. The molecule has 2 saturated heterocycles. The normalized spacial score (nSPS) is 22.5. The smallest absolute Gasteiger partial charge is 0.445 e. The van der Waals surface area contributed by atoms with Crippen molar-refractivity contribution in [1.82, 2.24) is 4.90 Å². The lowest BCUT2D eigenvalue weighted by molar-refractivity contribution is -0.274. The molecule has 33 heavy (non-hydrogen) atoms. The number of morpholine rings is 1. The third kappa shape index (κ3) is 5.84. The Morgan fingerprint density at radius 3 is 2.27 bits per heavy atom. The van der Waals surface area contributed by atoms with E-state index in [9.17, 15) is 22.8 Å². The van der Waals surface area contributed by atoms with Crippen LogP contribution in [0.4, 0.5) is 18.0 Å². The molecule has 0 aromatic heterocycles. The van der Waals surface area contributed by atoms with Gasteiger partial charge in [0.2, 0.25) is 0 Å². The van der Waals surface area contributed by atoms with Crippen LogP contribution in [0.2, 0.25) is 0 Å². The molecule has 0 aliphatic carbocycles. The van der Waals surface area contributed by atoms with Gasteiger partial charge in [0.25, 0.3) is 0 Å². The molecule has 0 saturated carbocycles. The Morgan fingerprint density at radius 1 is 0.970 bits per heavy atom. The van der Waals surface area contributed by atoms with Gasteiger partial charge in [0.05, 0.1) is 25.3 Å². The zero-order chi connectivity index (χ0) is 23.4. The largest absolute Gasteiger partial charge is 0.573 e. The number of carbonyl (C=O) groups excluding carboxylic acids is 2. The van der Waals surface area contributed by atoms with Crippen molar-refractivity contribution in [2.75, 3.05) is 13.2 Å². The van der Waals surface area contributed by atoms with Crippen LogP contribution in [0.3, 0.4) is 0 Å². The fraction of sp³-hybridized carbons (Fsp3) is 0.417. The van der Waals surface area contributed by atoms with Crippen molar-refractivity contribution >= 4 is 11.9 Å². The second-order valence-electron chi connectivity index (χ2n) is 8.26. The van der Waals surface area contributed by atoms with Gasteiger partial charge in [0, 0.05) is 17.9 Å². The molecule has 1 amide bonds. The number of para-hydroxylation sites is 1. The van der Waals surface area contributed by atoms with E-state index >= 15 is 0 Å². The van der Waals surface area contributed by atoms with Crippen LogP contribution >= 0.6 is 0 Å². The Morgan fingerprint density at radius 2 is 1.61 bits per heavy atom. The van der Waals surface area contributed by atoms with Gasteiger partial charge >= 0.3 is 12.5 Å². The second kappa shape index (κ2) is 9.82. The van der Waals surface area contributed by atoms with Gasteiger partial charge in [-0.3, -0.25) is 9.69 Å². The number of rotatable bonds is 6. The van der Waals surface area contributed by atoms with E-state index in [1.807, 2.05) is 30.3 Å². The van der Waals surface area contributed by atoms with E-state index in [1.165, 1.54) is 18.2 Å². The Labute approximate surface area is 189 Å². The highest BCUT2D eigenvalue weighted by atomic mass is 19.4. The molecule has 9 heteroatoms. The first-order valence-electron chi connectivity index (χ1n) is 10.7. The van der Waals surface area contributed by atoms with Gasteiger partial charge in [-0.15, -0.1) is 13.2 Å². The summed E-state index contributed by atoms with van der Waals surface area (Å²) < 4.78 is 53.2. The summed E-state index contributed by atoms with van der Waals surface area (Å²) in [6.45, 7) is 0.720. The first kappa shape index (κ1) is 23.1. The van der Waals surface area contributed by atoms with Crippen molar-refractivity contribution in [3.05, 3.63) is 65.7 Å². The predicted molar refractivity (Wildman–Crippen MR) is 111 cm³/mol. The molecule has 176 valence electrons. The summed E-state index contributed by atoms with van der Waals surface area (Å²) in [4.78, 5) is 27.4. The maximum absolute atomic E-state index is 13.0. The molecule has 0 spiro atoms. The minimum atomic E-state index is -4.83. The molecule has 0 radical (unpaired) electrons. The summed E-state index contributed by atoms with van der Waals surface area (Å²) in [5, 5.41) is 0. The fourth-order valence-electron chi connectivity index (χ4n) is 4.48. The van der Waals surface area contributed by atoms with Crippen LogP contribution in [0.1, 0.15) is 24.0 Å². The van der Waals surface area contributed by atoms with E-state index in [2.05, 4.69) is 4.74 Å². The molecule has 2 fully saturated rings. The molecule has 0 N–H and O–H groups in total. The minimum absolute atomic E-state index is 0.148. The number of Topliss-reactive ketones (excluding diaryl/α,β-unsaturated/α-hetero) is 1. The number of ether oxygens (including phenoxy) is 3. The summed E-state index contributed by atoms with van der Waals surface area (Å²) >= 11 is 0. The van der Waals surface area contributed by atoms with Crippen molar-refractivity contribution in [2.24, 2.45) is 5.92 Å². The first-order chi connectivity index (χ1) is 15.8. The van der Waals surface area contributed by atoms with Crippen molar-refractivity contribution in [2.45, 2.75) is 44.3 Å². The predicted octanol–water partition coefficient (Wildman–Crippen LogP) is 4.51. The Balaban J connectivity index is 1.39. The van der Waals surface area contributed by atoms with Crippen molar-refractivity contribution in [1.29, 1.82) is 0 Å². The van der Waals surface area contributed by atoms with E-state index in [-0.39, 0.29) is 61.3 Å². The van der Waals surface area contributed by atoms with Gasteiger partial charge in [-0.1, -0.05) is 48.5 Å². The van der Waals surface area contributed by atoms with E-state index in [0.29, 0.717) is 12.8 Å². The van der Waals surface area contributed by atoms with Crippen molar-refractivity contribution in [3.63, 3.8) is 0 Å². The molecule has 6 nitrogen and oxygen atoms in total. The number of ketones is 1. The average molecular weight is 463 g/mol. The third-order valence-corrected chi connectivity index (χ3v) is 5.95. The third-order valence-electron chi connectivity index (χ3n) is 5.95. The fourth-order valence-corrected chi connectivity index (χ4v) is 4.48. The highest BCUT2D eigenvalue weighted by molar-refractivity contribution is 5.84. The lowest BCUT2D eigenvalue weighted by Crippen LogP contribution is -2.60. The molecular formula is C24H24F3NO5. The van der Waals surface area contributed by atoms with Crippen LogP contribution < -0.4 is 4.74 Å². The van der Waals surface area contributed by atoms with E-state index in [0.717, 1.165) is 5.56 Å². The number of hydrogen-bond acceptors (Lipinski definition) is 5. The molecule has 2 aliphatic heterocycles. The number of fused-ring (bicyclic) bond motifs is 2. The summed E-state index contributed by atoms with van der Waals surface area (Å²) in [5.41, 5.74) is 1.06. The maximum atomic E-state index is 13.0. The highest BCUT2D eigenvalue weighted by Crippen LogP contribution is 2.34. The van der Waals surface area contributed by atoms with E-state index in [4.69, 9.17) is 9.47 Å². The topological polar surface area (TPSA) is 65.1 Å². The Kier molecular flexibility index (Phi) is 6.88. The average Bonchev–Trinajstić information content (AvgIpc) is 2.77. The molecule has 2 bridgehead atoms. The van der Waals surface area contributed by atoms with Gasteiger partial charge in [-0.2, -0.15) is 0 Å². The number of carbonyl (C=O) groups is 2. The Hall–Kier alpha value is -3.07. The van der Waals surface area contributed by atoms with Gasteiger partial charge in [-0.05, 0) is 24.5 Å². The number of benzene rings is 2. The highest BCUT2D eigenvalue weighted by Gasteiger charge is 2.44. The van der Waals surface area contributed by atoms with Crippen LogP contribution in [-0.2, 0) is 27.3 Å². The Bertz CT molecular complexity index is 968. The molecular weight excluding hydrogens is 439 g/mol. The summed E-state index contributed by atoms with van der Waals surface area (Å²) in [6.07, 6.45) is -4.71. The number of nitrogens with zero attached hydrogens (tertiary/aromatic N) is 1. The second-order valence-corrected chi connectivity index (χ2v) is 8.26. The maximum Gasteiger partial charge on any atom is 0.573 e. The van der Waals surface area contributed by atoms with Crippen LogP contribution in [-0.4, -0.2) is 48.4 Å². The summed E-state index contributed by atoms with van der Waals surface area (Å²) in [5.74, 6) is -0.938. The van der Waals surface area contributed by atoms with Crippen molar-refractivity contribution < 1.29 is 37.0 Å². The molecule has 2 aliphatic rings.